The van der Waals surface area contributed by atoms with Crippen molar-refractivity contribution in [1.82, 2.24) is 9.66 Å². The van der Waals surface area contributed by atoms with E-state index in [1.54, 1.807) is 30.5 Å². The molecule has 0 aliphatic rings. The minimum atomic E-state index is -0.321. The highest BCUT2D eigenvalue weighted by Crippen LogP contribution is 2.35. The van der Waals surface area contributed by atoms with E-state index >= 15 is 0 Å². The molecule has 6 nitrogen and oxygen atoms in total. The number of fused-ring (bicyclic) bond motifs is 2. The molecule has 6 rings (SSSR count). The summed E-state index contributed by atoms with van der Waals surface area (Å²) in [6.07, 6.45) is 1.55. The maximum absolute atomic E-state index is 13.5. The summed E-state index contributed by atoms with van der Waals surface area (Å²) in [5.41, 5.74) is 2.56. The first-order chi connectivity index (χ1) is 19.4. The van der Waals surface area contributed by atoms with Gasteiger partial charge in [-0.25, -0.2) is 4.98 Å². The van der Waals surface area contributed by atoms with Gasteiger partial charge in [0.15, 0.2) is 11.5 Å². The largest absolute Gasteiger partial charge is 0.486 e. The third-order valence-corrected chi connectivity index (χ3v) is 7.98. The van der Waals surface area contributed by atoms with Gasteiger partial charge in [-0.1, -0.05) is 67.7 Å². The van der Waals surface area contributed by atoms with E-state index in [1.807, 2.05) is 60.7 Å². The Morgan fingerprint density at radius 2 is 1.73 bits per heavy atom. The lowest BCUT2D eigenvalue weighted by atomic mass is 10.2. The molecule has 0 saturated carbocycles. The van der Waals surface area contributed by atoms with E-state index < -0.39 is 0 Å². The maximum atomic E-state index is 13.5. The molecule has 0 amide bonds. The van der Waals surface area contributed by atoms with Gasteiger partial charge in [-0.05, 0) is 87.7 Å². The lowest BCUT2D eigenvalue weighted by Gasteiger charge is -2.11. The molecule has 0 N–H and O–H groups in total. The zero-order chi connectivity index (χ0) is 27.8. The third kappa shape index (κ3) is 5.51. The Labute approximate surface area is 258 Å². The van der Waals surface area contributed by atoms with Crippen molar-refractivity contribution < 1.29 is 9.15 Å². The molecule has 10 heteroatoms. The van der Waals surface area contributed by atoms with Crippen molar-refractivity contribution in [1.29, 1.82) is 0 Å². The molecule has 0 radical (unpaired) electrons. The molecule has 0 unspecified atom stereocenters. The number of furan rings is 1. The minimum absolute atomic E-state index is 0.284. The Hall–Kier alpha value is -3.24. The topological polar surface area (TPSA) is 69.6 Å². The van der Waals surface area contributed by atoms with Crippen LogP contribution in [0, 0.1) is 0 Å². The zero-order valence-corrected chi connectivity index (χ0v) is 26.0. The fourth-order valence-electron chi connectivity index (χ4n) is 4.17. The lowest BCUT2D eigenvalue weighted by Crippen LogP contribution is -2.20. The predicted octanol–water partition coefficient (Wildman–Crippen LogP) is 9.21. The van der Waals surface area contributed by atoms with Crippen LogP contribution in [0.1, 0.15) is 11.1 Å². The number of aromatic nitrogens is 2. The van der Waals surface area contributed by atoms with Gasteiger partial charge >= 0.3 is 0 Å². The summed E-state index contributed by atoms with van der Waals surface area (Å²) < 4.78 is 15.9. The number of hydrogen-bond acceptors (Lipinski definition) is 5. The van der Waals surface area contributed by atoms with Gasteiger partial charge in [0.2, 0.25) is 5.82 Å². The van der Waals surface area contributed by atoms with Crippen molar-refractivity contribution >= 4 is 87.5 Å². The fourth-order valence-corrected chi connectivity index (χ4v) is 5.80. The van der Waals surface area contributed by atoms with Crippen LogP contribution < -0.4 is 10.3 Å². The average Bonchev–Trinajstić information content (AvgIpc) is 3.36. The summed E-state index contributed by atoms with van der Waals surface area (Å²) in [4.78, 5) is 18.3. The van der Waals surface area contributed by atoms with Crippen LogP contribution >= 0.6 is 59.4 Å². The standard InChI is InChI=1S/C30H17Br3ClN3O3/c31-20-7-5-17(6-8-20)16-39-28-23(33)11-18(12-24(28)34)15-35-37-29(36-25-4-2-1-3-22(25)30(37)38)27-14-19-13-21(32)9-10-26(19)40-27/h1-15H,16H2. The molecule has 0 bridgehead atoms. The second-order valence-electron chi connectivity index (χ2n) is 8.84. The highest BCUT2D eigenvalue weighted by atomic mass is 79.9. The second kappa shape index (κ2) is 11.3. The summed E-state index contributed by atoms with van der Waals surface area (Å²) in [7, 11) is 0. The van der Waals surface area contributed by atoms with Crippen molar-refractivity contribution in [3.05, 3.63) is 125 Å². The quantitative estimate of drug-likeness (QED) is 0.160. The van der Waals surface area contributed by atoms with Crippen molar-refractivity contribution in [2.45, 2.75) is 6.61 Å². The third-order valence-electron chi connectivity index (χ3n) is 6.09. The molecular formula is C30H17Br3ClN3O3. The molecule has 0 saturated heterocycles. The zero-order valence-electron chi connectivity index (χ0n) is 20.4. The summed E-state index contributed by atoms with van der Waals surface area (Å²) in [6, 6.07) is 26.1. The average molecular weight is 743 g/mol. The molecule has 0 fully saturated rings. The van der Waals surface area contributed by atoms with Gasteiger partial charge in [-0.3, -0.25) is 4.79 Å². The first kappa shape index (κ1) is 27.0. The number of para-hydroxylation sites is 1. The first-order valence-corrected chi connectivity index (χ1v) is 14.7. The maximum Gasteiger partial charge on any atom is 0.282 e. The van der Waals surface area contributed by atoms with Crippen LogP contribution in [0.4, 0.5) is 0 Å². The van der Waals surface area contributed by atoms with Crippen molar-refractivity contribution in [2.75, 3.05) is 0 Å². The monoisotopic (exact) mass is 739 g/mol. The second-order valence-corrected chi connectivity index (χ2v) is 11.9. The summed E-state index contributed by atoms with van der Waals surface area (Å²) in [5, 5.41) is 6.24. The van der Waals surface area contributed by atoms with Crippen LogP contribution in [0.25, 0.3) is 33.5 Å². The summed E-state index contributed by atoms with van der Waals surface area (Å²) >= 11 is 17.1. The number of hydrogen-bond donors (Lipinski definition) is 0. The molecule has 198 valence electrons. The number of nitrogens with zero attached hydrogens (tertiary/aromatic N) is 3. The van der Waals surface area contributed by atoms with E-state index in [0.717, 1.165) is 19.9 Å². The van der Waals surface area contributed by atoms with E-state index in [0.29, 0.717) is 49.7 Å². The van der Waals surface area contributed by atoms with Gasteiger partial charge in [0.1, 0.15) is 12.2 Å². The molecule has 0 atom stereocenters. The predicted molar refractivity (Wildman–Crippen MR) is 170 cm³/mol. The van der Waals surface area contributed by atoms with Gasteiger partial charge in [0.05, 0.1) is 26.6 Å². The Morgan fingerprint density at radius 3 is 2.52 bits per heavy atom. The van der Waals surface area contributed by atoms with Crippen LogP contribution in [0.5, 0.6) is 5.75 Å². The molecule has 2 heterocycles. The van der Waals surface area contributed by atoms with E-state index in [9.17, 15) is 4.79 Å². The van der Waals surface area contributed by atoms with E-state index in [1.165, 1.54) is 4.68 Å². The molecule has 0 aliphatic heterocycles. The Morgan fingerprint density at radius 1 is 0.950 bits per heavy atom. The van der Waals surface area contributed by atoms with Crippen LogP contribution in [0.3, 0.4) is 0 Å². The molecule has 6 aromatic rings. The lowest BCUT2D eigenvalue weighted by molar-refractivity contribution is 0.304. The van der Waals surface area contributed by atoms with Gasteiger partial charge in [0, 0.05) is 14.3 Å². The first-order valence-electron chi connectivity index (χ1n) is 12.0. The van der Waals surface area contributed by atoms with Gasteiger partial charge in [0.25, 0.3) is 5.56 Å². The van der Waals surface area contributed by atoms with Gasteiger partial charge in [-0.2, -0.15) is 9.78 Å². The molecule has 4 aromatic carbocycles. The fraction of sp³-hybridized carbons (Fsp3) is 0.0333. The van der Waals surface area contributed by atoms with Gasteiger partial charge < -0.3 is 9.15 Å². The minimum Gasteiger partial charge on any atom is -0.486 e. The number of benzene rings is 4. The number of rotatable bonds is 6. The smallest absolute Gasteiger partial charge is 0.282 e. The van der Waals surface area contributed by atoms with E-state index in [4.69, 9.17) is 25.7 Å². The molecule has 40 heavy (non-hydrogen) atoms. The Kier molecular flexibility index (Phi) is 7.63. The number of halogens is 4. The molecule has 0 spiro atoms. The van der Waals surface area contributed by atoms with Gasteiger partial charge in [-0.15, -0.1) is 0 Å². The van der Waals surface area contributed by atoms with Crippen LogP contribution in [0.15, 0.2) is 113 Å². The van der Waals surface area contributed by atoms with Crippen molar-refractivity contribution in [3.8, 4) is 17.3 Å². The number of ether oxygens (including phenoxy) is 1. The van der Waals surface area contributed by atoms with Crippen LogP contribution in [-0.2, 0) is 6.61 Å². The molecular weight excluding hydrogens is 726 g/mol. The highest BCUT2D eigenvalue weighted by molar-refractivity contribution is 9.11. The van der Waals surface area contributed by atoms with Crippen LogP contribution in [0.2, 0.25) is 5.02 Å². The SMILES string of the molecule is O=c1c2ccccc2nc(-c2cc3cc(Br)ccc3o2)n1N=Cc1cc(Cl)c(OCc2ccc(Br)cc2)c(Br)c1. The normalized spacial score (nSPS) is 11.6. The summed E-state index contributed by atoms with van der Waals surface area (Å²) in [6.45, 7) is 0.356. The van der Waals surface area contributed by atoms with Crippen LogP contribution in [-0.4, -0.2) is 15.9 Å². The molecule has 2 aromatic heterocycles. The Balaban J connectivity index is 1.37. The Bertz CT molecular complexity index is 1960. The summed E-state index contributed by atoms with van der Waals surface area (Å²) in [5.74, 6) is 1.22. The van der Waals surface area contributed by atoms with E-state index in [-0.39, 0.29) is 11.4 Å². The van der Waals surface area contributed by atoms with Crippen molar-refractivity contribution in [2.24, 2.45) is 5.10 Å². The highest BCUT2D eigenvalue weighted by Gasteiger charge is 2.17. The molecule has 0 aliphatic carbocycles. The van der Waals surface area contributed by atoms with E-state index in [2.05, 4.69) is 52.9 Å². The van der Waals surface area contributed by atoms with Crippen molar-refractivity contribution in [3.63, 3.8) is 0 Å².